The summed E-state index contributed by atoms with van der Waals surface area (Å²) in [6, 6.07) is 1.77. The van der Waals surface area contributed by atoms with Crippen LogP contribution in [-0.2, 0) is 9.53 Å². The van der Waals surface area contributed by atoms with Crippen molar-refractivity contribution in [3.05, 3.63) is 23.5 Å². The summed E-state index contributed by atoms with van der Waals surface area (Å²) < 4.78 is 5.14. The van der Waals surface area contributed by atoms with Gasteiger partial charge >= 0.3 is 5.97 Å². The number of H-pyrrole nitrogens is 1. The molecule has 24 heavy (non-hydrogen) atoms. The summed E-state index contributed by atoms with van der Waals surface area (Å²) in [4.78, 5) is 40.4. The summed E-state index contributed by atoms with van der Waals surface area (Å²) in [5, 5.41) is 0. The van der Waals surface area contributed by atoms with E-state index in [1.54, 1.807) is 0 Å². The zero-order valence-corrected chi connectivity index (χ0v) is 14.0. The summed E-state index contributed by atoms with van der Waals surface area (Å²) in [6.45, 7) is 1.95. The lowest BCUT2D eigenvalue weighted by atomic mass is 9.78. The Hall–Kier alpha value is -2.11. The van der Waals surface area contributed by atoms with Crippen molar-refractivity contribution in [1.29, 1.82) is 0 Å². The van der Waals surface area contributed by atoms with Gasteiger partial charge in [0.1, 0.15) is 5.69 Å². The standard InChI is InChI=1S/C18H24N2O4/c1-12(21)14-9-15(19-10-14)18(23)24-11-17(22)20-8-4-6-13-5-2-3-7-16(13)20/h9-10,13,16,19H,2-8,11H2,1H3/t13-,16-/m1/s1. The van der Waals surface area contributed by atoms with Crippen molar-refractivity contribution < 1.29 is 19.1 Å². The molecule has 1 aliphatic heterocycles. The molecule has 2 atom stereocenters. The number of ketones is 1. The monoisotopic (exact) mass is 332 g/mol. The molecule has 0 aromatic carbocycles. The van der Waals surface area contributed by atoms with Gasteiger partial charge in [-0.05, 0) is 44.6 Å². The molecule has 1 aliphatic carbocycles. The summed E-state index contributed by atoms with van der Waals surface area (Å²) in [7, 11) is 0. The van der Waals surface area contributed by atoms with E-state index in [0.717, 1.165) is 19.4 Å². The first-order valence-corrected chi connectivity index (χ1v) is 8.72. The largest absolute Gasteiger partial charge is 0.451 e. The molecule has 3 rings (SSSR count). The van der Waals surface area contributed by atoms with E-state index in [2.05, 4.69) is 4.98 Å². The van der Waals surface area contributed by atoms with Crippen molar-refractivity contribution in [2.45, 2.75) is 51.5 Å². The molecular formula is C18H24N2O4. The molecule has 2 fully saturated rings. The van der Waals surface area contributed by atoms with Crippen LogP contribution in [0.1, 0.15) is 66.3 Å². The molecule has 0 unspecified atom stereocenters. The maximum absolute atomic E-state index is 12.5. The van der Waals surface area contributed by atoms with Crippen LogP contribution >= 0.6 is 0 Å². The zero-order valence-electron chi connectivity index (χ0n) is 14.0. The van der Waals surface area contributed by atoms with Crippen molar-refractivity contribution in [3.63, 3.8) is 0 Å². The van der Waals surface area contributed by atoms with Gasteiger partial charge in [0.2, 0.25) is 0 Å². The summed E-state index contributed by atoms with van der Waals surface area (Å²) in [6.07, 6.45) is 8.38. The number of rotatable bonds is 4. The highest BCUT2D eigenvalue weighted by Crippen LogP contribution is 2.35. The molecule has 1 saturated heterocycles. The second kappa shape index (κ2) is 7.20. The number of hydrogen-bond donors (Lipinski definition) is 1. The first kappa shape index (κ1) is 16.7. The van der Waals surface area contributed by atoms with Gasteiger partial charge < -0.3 is 14.6 Å². The minimum atomic E-state index is -0.604. The van der Waals surface area contributed by atoms with Crippen molar-refractivity contribution >= 4 is 17.7 Å². The molecule has 1 N–H and O–H groups in total. The van der Waals surface area contributed by atoms with Gasteiger partial charge in [-0.15, -0.1) is 0 Å². The molecule has 0 radical (unpaired) electrons. The van der Waals surface area contributed by atoms with Crippen LogP contribution in [0.5, 0.6) is 0 Å². The Morgan fingerprint density at radius 1 is 1.21 bits per heavy atom. The molecule has 2 aliphatic rings. The highest BCUT2D eigenvalue weighted by Gasteiger charge is 2.35. The molecule has 6 heteroatoms. The van der Waals surface area contributed by atoms with Gasteiger partial charge in [0.05, 0.1) is 0 Å². The van der Waals surface area contributed by atoms with Crippen LogP contribution in [-0.4, -0.2) is 46.7 Å². The molecule has 6 nitrogen and oxygen atoms in total. The molecular weight excluding hydrogens is 308 g/mol. The molecule has 0 bridgehead atoms. The van der Waals surface area contributed by atoms with Gasteiger partial charge in [0.15, 0.2) is 12.4 Å². The molecule has 0 spiro atoms. The number of likely N-dealkylation sites (tertiary alicyclic amines) is 1. The number of nitrogens with zero attached hydrogens (tertiary/aromatic N) is 1. The summed E-state index contributed by atoms with van der Waals surface area (Å²) in [5.41, 5.74) is 0.622. The number of ether oxygens (including phenoxy) is 1. The minimum absolute atomic E-state index is 0.113. The highest BCUT2D eigenvalue weighted by atomic mass is 16.5. The van der Waals surface area contributed by atoms with Crippen LogP contribution in [0.2, 0.25) is 0 Å². The third kappa shape index (κ3) is 3.52. The normalized spacial score (nSPS) is 23.5. The zero-order chi connectivity index (χ0) is 17.1. The van der Waals surface area contributed by atoms with Gasteiger partial charge in [-0.2, -0.15) is 0 Å². The number of amides is 1. The van der Waals surface area contributed by atoms with Crippen LogP contribution in [0.25, 0.3) is 0 Å². The van der Waals surface area contributed by atoms with Crippen LogP contribution in [0.15, 0.2) is 12.3 Å². The van der Waals surface area contributed by atoms with Gasteiger partial charge in [0, 0.05) is 24.3 Å². The Balaban J connectivity index is 1.56. The van der Waals surface area contributed by atoms with Crippen LogP contribution in [0.4, 0.5) is 0 Å². The fraction of sp³-hybridized carbons (Fsp3) is 0.611. The average molecular weight is 332 g/mol. The average Bonchev–Trinajstić information content (AvgIpc) is 3.09. The number of carbonyl (C=O) groups excluding carboxylic acids is 3. The Kier molecular flexibility index (Phi) is 5.02. The molecule has 130 valence electrons. The van der Waals surface area contributed by atoms with E-state index in [-0.39, 0.29) is 24.0 Å². The van der Waals surface area contributed by atoms with E-state index in [1.807, 2.05) is 4.90 Å². The second-order valence-corrected chi connectivity index (χ2v) is 6.78. The molecule has 1 aromatic heterocycles. The van der Waals surface area contributed by atoms with E-state index in [4.69, 9.17) is 4.74 Å². The lowest BCUT2D eigenvalue weighted by Gasteiger charge is -2.44. The van der Waals surface area contributed by atoms with Crippen LogP contribution in [0, 0.1) is 5.92 Å². The van der Waals surface area contributed by atoms with Crippen molar-refractivity contribution in [3.8, 4) is 0 Å². The molecule has 1 aromatic rings. The minimum Gasteiger partial charge on any atom is -0.451 e. The van der Waals surface area contributed by atoms with Crippen LogP contribution < -0.4 is 0 Å². The second-order valence-electron chi connectivity index (χ2n) is 6.78. The third-order valence-corrected chi connectivity index (χ3v) is 5.20. The topological polar surface area (TPSA) is 79.5 Å². The maximum Gasteiger partial charge on any atom is 0.355 e. The number of nitrogens with one attached hydrogen (secondary N) is 1. The van der Waals surface area contributed by atoms with Crippen LogP contribution in [0.3, 0.4) is 0 Å². The predicted molar refractivity (Wildman–Crippen MR) is 87.8 cm³/mol. The summed E-state index contributed by atoms with van der Waals surface area (Å²) in [5.74, 6) is -0.238. The number of hydrogen-bond acceptors (Lipinski definition) is 4. The number of esters is 1. The molecule has 2 heterocycles. The Morgan fingerprint density at radius 3 is 2.71 bits per heavy atom. The van der Waals surface area contributed by atoms with Crippen molar-refractivity contribution in [2.75, 3.05) is 13.2 Å². The van der Waals surface area contributed by atoms with Crippen molar-refractivity contribution in [1.82, 2.24) is 9.88 Å². The third-order valence-electron chi connectivity index (χ3n) is 5.20. The lowest BCUT2D eigenvalue weighted by molar-refractivity contribution is -0.140. The van der Waals surface area contributed by atoms with Gasteiger partial charge in [-0.1, -0.05) is 12.8 Å². The quantitative estimate of drug-likeness (QED) is 0.679. The van der Waals surface area contributed by atoms with Gasteiger partial charge in [0.25, 0.3) is 5.91 Å². The number of aromatic amines is 1. The maximum atomic E-state index is 12.5. The fourth-order valence-corrected chi connectivity index (χ4v) is 3.94. The van der Waals surface area contributed by atoms with E-state index in [0.29, 0.717) is 17.5 Å². The van der Waals surface area contributed by atoms with Gasteiger partial charge in [-0.3, -0.25) is 9.59 Å². The predicted octanol–water partition coefficient (Wildman–Crippen LogP) is 2.56. The molecule has 1 amide bonds. The van der Waals surface area contributed by atoms with E-state index in [1.165, 1.54) is 44.9 Å². The fourth-order valence-electron chi connectivity index (χ4n) is 3.94. The first-order valence-electron chi connectivity index (χ1n) is 8.72. The highest BCUT2D eigenvalue weighted by molar-refractivity contribution is 5.97. The lowest BCUT2D eigenvalue weighted by Crippen LogP contribution is -2.50. The summed E-state index contributed by atoms with van der Waals surface area (Å²) >= 11 is 0. The Labute approximate surface area is 141 Å². The SMILES string of the molecule is CC(=O)c1c[nH]c(C(=O)OCC(=O)N2CCC[C@H]3CCCC[C@H]32)c1. The Bertz CT molecular complexity index is 635. The van der Waals surface area contributed by atoms with E-state index < -0.39 is 5.97 Å². The van der Waals surface area contributed by atoms with E-state index in [9.17, 15) is 14.4 Å². The first-order chi connectivity index (χ1) is 11.6. The number of aromatic nitrogens is 1. The number of Topliss-reactive ketones (excluding diaryl/α,β-unsaturated/α-hetero) is 1. The number of fused-ring (bicyclic) bond motifs is 1. The number of piperidine rings is 1. The Morgan fingerprint density at radius 2 is 1.96 bits per heavy atom. The number of carbonyl (C=O) groups is 3. The van der Waals surface area contributed by atoms with E-state index >= 15 is 0 Å². The van der Waals surface area contributed by atoms with Crippen molar-refractivity contribution in [2.24, 2.45) is 5.92 Å². The van der Waals surface area contributed by atoms with Gasteiger partial charge in [-0.25, -0.2) is 4.79 Å². The smallest absolute Gasteiger partial charge is 0.355 e. The molecule has 1 saturated carbocycles.